The maximum Gasteiger partial charge on any atom is 0.101 e. The highest BCUT2D eigenvalue weighted by atomic mass is 16.8. The first-order chi connectivity index (χ1) is 7.34. The van der Waals surface area contributed by atoms with Crippen LogP contribution in [0.4, 0.5) is 17.1 Å². The molecule has 0 spiro atoms. The summed E-state index contributed by atoms with van der Waals surface area (Å²) in [5.41, 5.74) is -1.40. The third kappa shape index (κ3) is 2.30. The minimum Gasteiger partial charge on any atom is -0.769 e. The molecule has 0 aliphatic rings. The number of rotatable bonds is 3. The van der Waals surface area contributed by atoms with Crippen LogP contribution in [0.2, 0.25) is 0 Å². The molecule has 0 aliphatic heterocycles. The lowest BCUT2D eigenvalue weighted by Crippen LogP contribution is -2.17. The number of hydrogen-bond acceptors (Lipinski definition) is 9. The van der Waals surface area contributed by atoms with Gasteiger partial charge in [0.25, 0.3) is 0 Å². The summed E-state index contributed by atoms with van der Waals surface area (Å²) < 4.78 is 0. The van der Waals surface area contributed by atoms with Crippen LogP contribution in [0.15, 0.2) is 12.1 Å². The van der Waals surface area contributed by atoms with E-state index in [2.05, 4.69) is 0 Å². The third-order valence-electron chi connectivity index (χ3n) is 1.97. The molecular formula is C7H8N3O6-3. The first-order valence-electron chi connectivity index (χ1n) is 3.97. The smallest absolute Gasteiger partial charge is 0.101 e. The van der Waals surface area contributed by atoms with Gasteiger partial charge in [-0.2, -0.15) is 0 Å². The minimum atomic E-state index is -0.834. The monoisotopic (exact) mass is 230 g/mol. The second kappa shape index (κ2) is 4.49. The van der Waals surface area contributed by atoms with Crippen molar-refractivity contribution in [3.63, 3.8) is 0 Å². The molecular weight excluding hydrogens is 222 g/mol. The molecule has 0 amide bonds. The summed E-state index contributed by atoms with van der Waals surface area (Å²) in [4.78, 5) is 0. The van der Waals surface area contributed by atoms with Gasteiger partial charge >= 0.3 is 0 Å². The van der Waals surface area contributed by atoms with E-state index in [4.69, 9.17) is 15.6 Å². The van der Waals surface area contributed by atoms with Crippen LogP contribution in [0.25, 0.3) is 0 Å². The maximum absolute atomic E-state index is 10.7. The molecule has 0 fully saturated rings. The third-order valence-corrected chi connectivity index (χ3v) is 1.97. The van der Waals surface area contributed by atoms with Crippen LogP contribution in [-0.2, 0) is 0 Å². The summed E-state index contributed by atoms with van der Waals surface area (Å²) in [6.07, 6.45) is 0. The molecule has 9 heteroatoms. The highest BCUT2D eigenvalue weighted by Gasteiger charge is 2.11. The van der Waals surface area contributed by atoms with E-state index in [9.17, 15) is 15.6 Å². The molecule has 0 radical (unpaired) electrons. The van der Waals surface area contributed by atoms with E-state index in [0.29, 0.717) is 0 Å². The van der Waals surface area contributed by atoms with E-state index in [1.807, 2.05) is 0 Å². The Morgan fingerprint density at radius 2 is 1.50 bits per heavy atom. The fraction of sp³-hybridized carbons (Fsp3) is 0.143. The molecule has 3 N–H and O–H groups in total. The molecule has 0 bridgehead atoms. The van der Waals surface area contributed by atoms with Gasteiger partial charge in [-0.05, 0) is 19.1 Å². The number of hydrogen-bond donors (Lipinski definition) is 3. The van der Waals surface area contributed by atoms with E-state index in [1.54, 1.807) is 0 Å². The van der Waals surface area contributed by atoms with Crippen molar-refractivity contribution in [1.29, 1.82) is 0 Å². The first-order valence-corrected chi connectivity index (χ1v) is 3.97. The van der Waals surface area contributed by atoms with Crippen LogP contribution in [0, 0.1) is 22.5 Å². The quantitative estimate of drug-likeness (QED) is 0.650. The van der Waals surface area contributed by atoms with Gasteiger partial charge in [0.1, 0.15) is 5.69 Å². The lowest BCUT2D eigenvalue weighted by Gasteiger charge is -2.39. The highest BCUT2D eigenvalue weighted by Crippen LogP contribution is 2.33. The van der Waals surface area contributed by atoms with Crippen molar-refractivity contribution < 1.29 is 15.6 Å². The Labute approximate surface area is 89.6 Å². The van der Waals surface area contributed by atoms with Gasteiger partial charge in [-0.1, -0.05) is 0 Å². The van der Waals surface area contributed by atoms with Crippen LogP contribution in [-0.4, -0.2) is 15.6 Å². The predicted molar refractivity (Wildman–Crippen MR) is 54.1 cm³/mol. The lowest BCUT2D eigenvalue weighted by molar-refractivity contribution is 0.0288. The molecule has 0 aliphatic carbocycles. The fourth-order valence-electron chi connectivity index (χ4n) is 1.18. The first kappa shape index (κ1) is 12.4. The van der Waals surface area contributed by atoms with Crippen LogP contribution < -0.4 is 15.7 Å². The molecule has 0 unspecified atom stereocenters. The normalized spacial score (nSPS) is 10.2. The van der Waals surface area contributed by atoms with Crippen LogP contribution in [0.5, 0.6) is 0 Å². The van der Waals surface area contributed by atoms with E-state index in [-0.39, 0.29) is 16.5 Å². The Kier molecular flexibility index (Phi) is 3.49. The van der Waals surface area contributed by atoms with E-state index >= 15 is 0 Å². The lowest BCUT2D eigenvalue weighted by atomic mass is 10.1. The molecule has 16 heavy (non-hydrogen) atoms. The second-order valence-electron chi connectivity index (χ2n) is 2.93. The number of anilines is 3. The number of benzene rings is 1. The summed E-state index contributed by atoms with van der Waals surface area (Å²) in [5, 5.41) is 56.1. The SMILES string of the molecule is Cc1c(N([O-])O)cc(N([O-])[O-])cc1N(O)O. The van der Waals surface area contributed by atoms with Gasteiger partial charge in [0.15, 0.2) is 0 Å². The second-order valence-corrected chi connectivity index (χ2v) is 2.93. The molecule has 1 aromatic rings. The van der Waals surface area contributed by atoms with Crippen LogP contribution in [0.1, 0.15) is 5.56 Å². The average molecular weight is 230 g/mol. The zero-order chi connectivity index (χ0) is 12.5. The van der Waals surface area contributed by atoms with Gasteiger partial charge in [-0.15, -0.1) is 5.23 Å². The van der Waals surface area contributed by atoms with Crippen molar-refractivity contribution in [3.8, 4) is 0 Å². The van der Waals surface area contributed by atoms with Crippen molar-refractivity contribution in [1.82, 2.24) is 0 Å². The molecule has 90 valence electrons. The van der Waals surface area contributed by atoms with Crippen molar-refractivity contribution in [2.75, 3.05) is 15.7 Å². The molecule has 0 saturated carbocycles. The van der Waals surface area contributed by atoms with Gasteiger partial charge in [0.05, 0.1) is 5.69 Å². The van der Waals surface area contributed by atoms with Gasteiger partial charge in [0.2, 0.25) is 0 Å². The van der Waals surface area contributed by atoms with Crippen molar-refractivity contribution in [3.05, 3.63) is 33.3 Å². The van der Waals surface area contributed by atoms with Crippen LogP contribution in [0.3, 0.4) is 0 Å². The van der Waals surface area contributed by atoms with Gasteiger partial charge in [0, 0.05) is 11.3 Å². The largest absolute Gasteiger partial charge is 0.769 e. The Balaban J connectivity index is 3.39. The Bertz CT molecular complexity index is 351. The summed E-state index contributed by atoms with van der Waals surface area (Å²) in [5.74, 6) is 0. The predicted octanol–water partition coefficient (Wildman–Crippen LogP) is 1.08. The van der Waals surface area contributed by atoms with E-state index in [1.165, 1.54) is 6.92 Å². The van der Waals surface area contributed by atoms with Gasteiger partial charge < -0.3 is 26.1 Å². The van der Waals surface area contributed by atoms with Crippen molar-refractivity contribution in [2.45, 2.75) is 6.92 Å². The molecule has 0 heterocycles. The zero-order valence-electron chi connectivity index (χ0n) is 8.06. The maximum atomic E-state index is 10.7. The topological polar surface area (TPSA) is 140 Å². The Morgan fingerprint density at radius 3 is 1.88 bits per heavy atom. The van der Waals surface area contributed by atoms with Gasteiger partial charge in [-0.25, -0.2) is 0 Å². The molecule has 1 aromatic carbocycles. The summed E-state index contributed by atoms with van der Waals surface area (Å²) >= 11 is 0. The Hall–Kier alpha value is -1.62. The molecule has 0 aromatic heterocycles. The average Bonchev–Trinajstić information content (AvgIpc) is 2.16. The van der Waals surface area contributed by atoms with Crippen LogP contribution >= 0.6 is 0 Å². The standard InChI is InChI=1S/C7H8N3O6/c1-4-6(9(13)14)2-5(8(11)12)3-7(4)10(15)16/h2-3,13-15H,1H3/q-3. The summed E-state index contributed by atoms with van der Waals surface area (Å²) in [6.45, 7) is 1.29. The zero-order valence-corrected chi connectivity index (χ0v) is 8.06. The molecule has 0 saturated heterocycles. The molecule has 1 rings (SSSR count). The fourth-order valence-corrected chi connectivity index (χ4v) is 1.18. The van der Waals surface area contributed by atoms with Crippen molar-refractivity contribution >= 4 is 17.1 Å². The van der Waals surface area contributed by atoms with Gasteiger partial charge in [-0.3, -0.25) is 15.6 Å². The summed E-state index contributed by atoms with van der Waals surface area (Å²) in [6, 6.07) is 1.66. The highest BCUT2D eigenvalue weighted by molar-refractivity contribution is 5.73. The molecule has 0 atom stereocenters. The number of nitrogens with zero attached hydrogens (tertiary/aromatic N) is 3. The molecule has 9 nitrogen and oxygen atoms in total. The Morgan fingerprint density at radius 1 is 1.00 bits per heavy atom. The van der Waals surface area contributed by atoms with E-state index < -0.39 is 21.8 Å². The van der Waals surface area contributed by atoms with Crippen molar-refractivity contribution in [2.24, 2.45) is 0 Å². The van der Waals surface area contributed by atoms with E-state index in [0.717, 1.165) is 12.1 Å². The minimum absolute atomic E-state index is 0.0203. The summed E-state index contributed by atoms with van der Waals surface area (Å²) in [7, 11) is 0.